The zero-order chi connectivity index (χ0) is 15.6. The highest BCUT2D eigenvalue weighted by Crippen LogP contribution is 2.26. The monoisotopic (exact) mass is 331 g/mol. The third-order valence-corrected chi connectivity index (χ3v) is 5.75. The van der Waals surface area contributed by atoms with Crippen molar-refractivity contribution in [2.45, 2.75) is 10.9 Å². The van der Waals surface area contributed by atoms with Gasteiger partial charge in [-0.3, -0.25) is 4.79 Å². The summed E-state index contributed by atoms with van der Waals surface area (Å²) in [4.78, 5) is 13.6. The Balaban J connectivity index is 2.41. The number of carbonyl (C=O) groups excluding carboxylic acids is 1. The lowest BCUT2D eigenvalue weighted by molar-refractivity contribution is -0.133. The van der Waals surface area contributed by atoms with Crippen LogP contribution in [0, 0.1) is 0 Å². The van der Waals surface area contributed by atoms with Crippen molar-refractivity contribution in [1.29, 1.82) is 0 Å². The Kier molecular flexibility index (Phi) is 4.88. The van der Waals surface area contributed by atoms with Crippen molar-refractivity contribution in [1.82, 2.24) is 14.5 Å². The predicted octanol–water partition coefficient (Wildman–Crippen LogP) is 0.391. The zero-order valence-electron chi connectivity index (χ0n) is 11.9. The van der Waals surface area contributed by atoms with E-state index in [1.54, 1.807) is 26.2 Å². The first-order chi connectivity index (χ1) is 9.85. The fraction of sp³-hybridized carbons (Fsp3) is 0.462. The van der Waals surface area contributed by atoms with E-state index in [4.69, 9.17) is 11.6 Å². The number of benzene rings is 1. The van der Waals surface area contributed by atoms with Gasteiger partial charge >= 0.3 is 0 Å². The van der Waals surface area contributed by atoms with Crippen LogP contribution in [0.1, 0.15) is 0 Å². The average molecular weight is 332 g/mol. The number of hydrogen-bond acceptors (Lipinski definition) is 4. The molecule has 0 saturated carbocycles. The standard InChI is InChI=1S/C13H18ClN3O3S/c1-16(2)13(18)11-9-15-7-8-17(11)21(19,20)12-6-4-3-5-10(12)14/h3-6,11,15H,7-9H2,1-2H3. The number of carbonyl (C=O) groups is 1. The van der Waals surface area contributed by atoms with E-state index >= 15 is 0 Å². The molecule has 0 spiro atoms. The molecule has 2 rings (SSSR count). The highest BCUT2D eigenvalue weighted by Gasteiger charge is 2.38. The van der Waals surface area contributed by atoms with Gasteiger partial charge in [0, 0.05) is 33.7 Å². The van der Waals surface area contributed by atoms with Crippen LogP contribution in [0.5, 0.6) is 0 Å². The lowest BCUT2D eigenvalue weighted by Gasteiger charge is -2.35. The van der Waals surface area contributed by atoms with Gasteiger partial charge in [0.25, 0.3) is 0 Å². The number of piperazine rings is 1. The summed E-state index contributed by atoms with van der Waals surface area (Å²) in [6, 6.07) is 5.51. The Labute approximate surface area is 129 Å². The molecule has 1 heterocycles. The molecular formula is C13H18ClN3O3S. The third kappa shape index (κ3) is 3.21. The first-order valence-corrected chi connectivity index (χ1v) is 8.36. The molecule has 6 nitrogen and oxygen atoms in total. The SMILES string of the molecule is CN(C)C(=O)C1CNCCN1S(=O)(=O)c1ccccc1Cl. The van der Waals surface area contributed by atoms with Gasteiger partial charge in [-0.2, -0.15) is 4.31 Å². The Hall–Kier alpha value is -1.15. The van der Waals surface area contributed by atoms with Crippen molar-refractivity contribution < 1.29 is 13.2 Å². The van der Waals surface area contributed by atoms with E-state index in [-0.39, 0.29) is 22.4 Å². The van der Waals surface area contributed by atoms with Crippen molar-refractivity contribution in [2.75, 3.05) is 33.7 Å². The molecule has 1 N–H and O–H groups in total. The van der Waals surface area contributed by atoms with E-state index in [1.165, 1.54) is 21.3 Å². The van der Waals surface area contributed by atoms with Crippen LogP contribution in [0.4, 0.5) is 0 Å². The van der Waals surface area contributed by atoms with E-state index in [9.17, 15) is 13.2 Å². The molecule has 1 aliphatic rings. The van der Waals surface area contributed by atoms with Gasteiger partial charge in [0.2, 0.25) is 15.9 Å². The Morgan fingerprint density at radius 1 is 1.38 bits per heavy atom. The number of rotatable bonds is 3. The summed E-state index contributed by atoms with van der Waals surface area (Å²) < 4.78 is 26.8. The van der Waals surface area contributed by atoms with Crippen molar-refractivity contribution in [3.63, 3.8) is 0 Å². The molecule has 116 valence electrons. The van der Waals surface area contributed by atoms with Crippen LogP contribution in [0.25, 0.3) is 0 Å². The lowest BCUT2D eigenvalue weighted by Crippen LogP contribution is -2.59. The third-order valence-electron chi connectivity index (χ3n) is 3.34. The summed E-state index contributed by atoms with van der Waals surface area (Å²) in [6.45, 7) is 1.03. The number of amides is 1. The Bertz CT molecular complexity index is 633. The summed E-state index contributed by atoms with van der Waals surface area (Å²) in [5, 5.41) is 3.21. The molecule has 8 heteroatoms. The smallest absolute Gasteiger partial charge is 0.245 e. The minimum atomic E-state index is -3.81. The van der Waals surface area contributed by atoms with Gasteiger partial charge in [-0.1, -0.05) is 23.7 Å². The Morgan fingerprint density at radius 3 is 2.67 bits per heavy atom. The number of nitrogens with zero attached hydrogens (tertiary/aromatic N) is 2. The molecule has 1 atom stereocenters. The van der Waals surface area contributed by atoms with Gasteiger partial charge in [-0.05, 0) is 12.1 Å². The molecular weight excluding hydrogens is 314 g/mol. The number of halogens is 1. The number of hydrogen-bond donors (Lipinski definition) is 1. The van der Waals surface area contributed by atoms with Crippen molar-refractivity contribution in [2.24, 2.45) is 0 Å². The minimum absolute atomic E-state index is 0.0325. The van der Waals surface area contributed by atoms with Crippen LogP contribution < -0.4 is 5.32 Å². The van der Waals surface area contributed by atoms with E-state index in [0.29, 0.717) is 13.1 Å². The topological polar surface area (TPSA) is 69.7 Å². The molecule has 1 fully saturated rings. The van der Waals surface area contributed by atoms with Crippen molar-refractivity contribution in [3.8, 4) is 0 Å². The number of likely N-dealkylation sites (N-methyl/N-ethyl adjacent to an activating group) is 1. The zero-order valence-corrected chi connectivity index (χ0v) is 13.5. The molecule has 0 aromatic heterocycles. The van der Waals surface area contributed by atoms with Gasteiger partial charge in [0.15, 0.2) is 0 Å². The van der Waals surface area contributed by atoms with Gasteiger partial charge in [-0.25, -0.2) is 8.42 Å². The second-order valence-electron chi connectivity index (χ2n) is 5.00. The van der Waals surface area contributed by atoms with E-state index in [1.807, 2.05) is 0 Å². The first-order valence-electron chi connectivity index (χ1n) is 6.54. The Morgan fingerprint density at radius 2 is 2.05 bits per heavy atom. The molecule has 1 saturated heterocycles. The van der Waals surface area contributed by atoms with Crippen LogP contribution in [-0.2, 0) is 14.8 Å². The average Bonchev–Trinajstić information content (AvgIpc) is 2.46. The quantitative estimate of drug-likeness (QED) is 0.870. The number of nitrogens with one attached hydrogen (secondary N) is 1. The maximum Gasteiger partial charge on any atom is 0.245 e. The molecule has 1 unspecified atom stereocenters. The summed E-state index contributed by atoms with van der Waals surface area (Å²) in [7, 11) is -0.590. The predicted molar refractivity (Wildman–Crippen MR) is 80.7 cm³/mol. The summed E-state index contributed by atoms with van der Waals surface area (Å²) in [5.74, 6) is -0.252. The van der Waals surface area contributed by atoms with E-state index in [2.05, 4.69) is 5.32 Å². The summed E-state index contributed by atoms with van der Waals surface area (Å²) in [5.41, 5.74) is 0. The van der Waals surface area contributed by atoms with Crippen molar-refractivity contribution in [3.05, 3.63) is 29.3 Å². The molecule has 0 aliphatic carbocycles. The van der Waals surface area contributed by atoms with Gasteiger partial charge < -0.3 is 10.2 Å². The second-order valence-corrected chi connectivity index (χ2v) is 7.26. The molecule has 1 aliphatic heterocycles. The molecule has 1 aromatic rings. The lowest BCUT2D eigenvalue weighted by atomic mass is 10.2. The summed E-state index contributed by atoms with van der Waals surface area (Å²) in [6.07, 6.45) is 0. The molecule has 0 radical (unpaired) electrons. The minimum Gasteiger partial charge on any atom is -0.347 e. The molecule has 1 aromatic carbocycles. The largest absolute Gasteiger partial charge is 0.347 e. The van der Waals surface area contributed by atoms with Gasteiger partial charge in [0.05, 0.1) is 5.02 Å². The molecule has 1 amide bonds. The van der Waals surface area contributed by atoms with Gasteiger partial charge in [-0.15, -0.1) is 0 Å². The van der Waals surface area contributed by atoms with Crippen LogP contribution >= 0.6 is 11.6 Å². The highest BCUT2D eigenvalue weighted by atomic mass is 35.5. The summed E-state index contributed by atoms with van der Waals surface area (Å²) >= 11 is 6.00. The van der Waals surface area contributed by atoms with E-state index < -0.39 is 16.1 Å². The van der Waals surface area contributed by atoms with Crippen LogP contribution in [-0.4, -0.2) is 63.3 Å². The van der Waals surface area contributed by atoms with Crippen LogP contribution in [0.3, 0.4) is 0 Å². The number of sulfonamides is 1. The molecule has 21 heavy (non-hydrogen) atoms. The fourth-order valence-corrected chi connectivity index (χ4v) is 4.34. The second kappa shape index (κ2) is 6.31. The molecule has 0 bridgehead atoms. The van der Waals surface area contributed by atoms with Crippen LogP contribution in [0.15, 0.2) is 29.2 Å². The van der Waals surface area contributed by atoms with Crippen LogP contribution in [0.2, 0.25) is 5.02 Å². The maximum absolute atomic E-state index is 12.8. The maximum atomic E-state index is 12.8. The fourth-order valence-electron chi connectivity index (χ4n) is 2.26. The normalized spacial score (nSPS) is 20.2. The highest BCUT2D eigenvalue weighted by molar-refractivity contribution is 7.89. The van der Waals surface area contributed by atoms with Crippen molar-refractivity contribution >= 4 is 27.5 Å². The van der Waals surface area contributed by atoms with E-state index in [0.717, 1.165) is 0 Å². The van der Waals surface area contributed by atoms with Gasteiger partial charge in [0.1, 0.15) is 10.9 Å². The first kappa shape index (κ1) is 16.2.